The van der Waals surface area contributed by atoms with E-state index in [9.17, 15) is 30.3 Å². The molecule has 68 heavy (non-hydrogen) atoms. The highest BCUT2D eigenvalue weighted by Gasteiger charge is 2.44. The summed E-state index contributed by atoms with van der Waals surface area (Å²) in [4.78, 5) is 13.0. The molecule has 6 N–H and O–H groups in total. The molecule has 1 aliphatic heterocycles. The number of ether oxygens (including phenoxy) is 2. The van der Waals surface area contributed by atoms with E-state index in [1.54, 1.807) is 6.08 Å². The lowest BCUT2D eigenvalue weighted by atomic mass is 9.99. The first-order valence-corrected chi connectivity index (χ1v) is 27.8. The van der Waals surface area contributed by atoms with E-state index in [1.807, 2.05) is 6.08 Å². The molecule has 0 saturated carbocycles. The van der Waals surface area contributed by atoms with Gasteiger partial charge in [0.25, 0.3) is 0 Å². The van der Waals surface area contributed by atoms with Crippen molar-refractivity contribution in [3.8, 4) is 0 Å². The lowest BCUT2D eigenvalue weighted by molar-refractivity contribution is -0.302. The molecule has 7 atom stereocenters. The zero-order valence-corrected chi connectivity index (χ0v) is 43.3. The fraction of sp³-hybridized carbons (Fsp3) is 0.746. The summed E-state index contributed by atoms with van der Waals surface area (Å²) in [6.07, 6.45) is 60.7. The third kappa shape index (κ3) is 37.2. The fourth-order valence-corrected chi connectivity index (χ4v) is 8.34. The molecule has 0 aliphatic carbocycles. The SMILES string of the molecule is CC/C=C\C/C=C\C/C=C\C/C=C\C/C=C\C/C=C\CCCCC(=O)NC(COC1OC(CO)C(O)C(O)C1O)C(O)/C=C/CCCCCCCCCCCCCCCCCCCCCCCC. The molecule has 1 aliphatic rings. The monoisotopic (exact) mass is 954 g/mol. The Hall–Kier alpha value is -2.63. The summed E-state index contributed by atoms with van der Waals surface area (Å²) in [5, 5.41) is 54.4. The van der Waals surface area contributed by atoms with Gasteiger partial charge in [0.15, 0.2) is 6.29 Å². The third-order valence-corrected chi connectivity index (χ3v) is 12.7. The average Bonchev–Trinajstić information content (AvgIpc) is 3.34. The molecule has 0 aromatic rings. The van der Waals surface area contributed by atoms with Crippen molar-refractivity contribution in [1.82, 2.24) is 5.32 Å². The summed E-state index contributed by atoms with van der Waals surface area (Å²) in [5.41, 5.74) is 0. The number of hydrogen-bond acceptors (Lipinski definition) is 8. The molecule has 1 fully saturated rings. The van der Waals surface area contributed by atoms with Gasteiger partial charge in [-0.1, -0.05) is 234 Å². The van der Waals surface area contributed by atoms with Crippen molar-refractivity contribution in [2.24, 2.45) is 0 Å². The van der Waals surface area contributed by atoms with Crippen LogP contribution >= 0.6 is 0 Å². The maximum atomic E-state index is 13.0. The van der Waals surface area contributed by atoms with Crippen LogP contribution in [0.5, 0.6) is 0 Å². The molecule has 1 amide bonds. The number of nitrogens with one attached hydrogen (secondary N) is 1. The normalized spacial score (nSPS) is 20.2. The van der Waals surface area contributed by atoms with E-state index in [4.69, 9.17) is 9.47 Å². The third-order valence-electron chi connectivity index (χ3n) is 12.7. The van der Waals surface area contributed by atoms with Crippen LogP contribution in [0.15, 0.2) is 85.1 Å². The van der Waals surface area contributed by atoms with Crippen molar-refractivity contribution in [3.63, 3.8) is 0 Å². The minimum atomic E-state index is -1.58. The molecule has 1 saturated heterocycles. The van der Waals surface area contributed by atoms with E-state index < -0.39 is 49.5 Å². The molecule has 0 radical (unpaired) electrons. The molecule has 1 heterocycles. The zero-order valence-electron chi connectivity index (χ0n) is 43.3. The fourth-order valence-electron chi connectivity index (χ4n) is 8.34. The predicted octanol–water partition coefficient (Wildman–Crippen LogP) is 13.5. The smallest absolute Gasteiger partial charge is 0.220 e. The van der Waals surface area contributed by atoms with E-state index in [0.717, 1.165) is 70.6 Å². The average molecular weight is 954 g/mol. The molecule has 7 unspecified atom stereocenters. The highest BCUT2D eigenvalue weighted by Crippen LogP contribution is 2.23. The Morgan fingerprint density at radius 1 is 0.515 bits per heavy atom. The Morgan fingerprint density at radius 3 is 1.35 bits per heavy atom. The van der Waals surface area contributed by atoms with Crippen LogP contribution in [0.4, 0.5) is 0 Å². The van der Waals surface area contributed by atoms with Gasteiger partial charge in [-0.3, -0.25) is 4.79 Å². The lowest BCUT2D eigenvalue weighted by Crippen LogP contribution is -2.60. The maximum absolute atomic E-state index is 13.0. The quantitative estimate of drug-likeness (QED) is 0.0261. The lowest BCUT2D eigenvalue weighted by Gasteiger charge is -2.40. The van der Waals surface area contributed by atoms with Crippen LogP contribution < -0.4 is 5.32 Å². The summed E-state index contributed by atoms with van der Waals surface area (Å²) in [6.45, 7) is 3.65. The molecule has 1 rings (SSSR count). The number of carbonyl (C=O) groups is 1. The second-order valence-corrected chi connectivity index (χ2v) is 19.0. The predicted molar refractivity (Wildman–Crippen MR) is 285 cm³/mol. The molecular weight excluding hydrogens is 851 g/mol. The van der Waals surface area contributed by atoms with Gasteiger partial charge in [-0.05, 0) is 70.6 Å². The van der Waals surface area contributed by atoms with Crippen LogP contribution in [0, 0.1) is 0 Å². The largest absolute Gasteiger partial charge is 0.394 e. The van der Waals surface area contributed by atoms with Crippen LogP contribution in [0.2, 0.25) is 0 Å². The van der Waals surface area contributed by atoms with Crippen LogP contribution in [0.25, 0.3) is 0 Å². The van der Waals surface area contributed by atoms with E-state index in [0.29, 0.717) is 6.42 Å². The Balaban J connectivity index is 2.30. The number of allylic oxidation sites excluding steroid dienone is 13. The van der Waals surface area contributed by atoms with E-state index in [1.165, 1.54) is 128 Å². The highest BCUT2D eigenvalue weighted by molar-refractivity contribution is 5.76. The molecular formula is C59H103NO8. The molecule has 392 valence electrons. The molecule has 9 heteroatoms. The van der Waals surface area contributed by atoms with Gasteiger partial charge in [-0.15, -0.1) is 0 Å². The first-order valence-electron chi connectivity index (χ1n) is 27.8. The summed E-state index contributed by atoms with van der Waals surface area (Å²) in [6, 6.07) is -0.834. The van der Waals surface area contributed by atoms with Gasteiger partial charge in [0.05, 0.1) is 25.4 Å². The number of hydrogen-bond donors (Lipinski definition) is 6. The number of amides is 1. The Bertz CT molecular complexity index is 1340. The number of unbranched alkanes of at least 4 members (excludes halogenated alkanes) is 24. The highest BCUT2D eigenvalue weighted by atomic mass is 16.7. The Labute approximate surface area is 416 Å². The van der Waals surface area contributed by atoms with Gasteiger partial charge in [-0.25, -0.2) is 0 Å². The number of rotatable bonds is 46. The van der Waals surface area contributed by atoms with Crippen LogP contribution in [-0.2, 0) is 14.3 Å². The van der Waals surface area contributed by atoms with E-state index in [2.05, 4.69) is 92.1 Å². The standard InChI is InChI=1S/C59H103NO8/c1-3-5-7-9-11-13-15-17-19-21-23-25-26-27-29-30-32-34-36-38-40-42-44-46-48-53(62)52(51-67-59-58(66)57(65)56(64)54(50-61)68-59)60-55(63)49-47-45-43-41-39-37-35-33-31-28-24-22-20-18-16-14-12-10-8-6-4-2/h6,8,12,14,18,20,24,28,33,35,39,41,46,48,52-54,56-59,61-62,64-66H,3-5,7,9-11,13,15-17,19,21-23,25-27,29-32,34,36-38,40,42-45,47,49-51H2,1-2H3,(H,60,63)/b8-6-,14-12-,20-18-,28-24-,35-33-,41-39-,48-46+. The maximum Gasteiger partial charge on any atom is 0.220 e. The first-order chi connectivity index (χ1) is 33.3. The Morgan fingerprint density at radius 2 is 0.912 bits per heavy atom. The molecule has 0 spiro atoms. The Kier molecular flexibility index (Phi) is 44.8. The van der Waals surface area contributed by atoms with Crippen molar-refractivity contribution in [1.29, 1.82) is 0 Å². The zero-order chi connectivity index (χ0) is 49.4. The van der Waals surface area contributed by atoms with Crippen LogP contribution in [0.3, 0.4) is 0 Å². The van der Waals surface area contributed by atoms with E-state index >= 15 is 0 Å². The van der Waals surface area contributed by atoms with Gasteiger partial charge in [-0.2, -0.15) is 0 Å². The minimum Gasteiger partial charge on any atom is -0.394 e. The summed E-state index contributed by atoms with van der Waals surface area (Å²) < 4.78 is 11.2. The summed E-state index contributed by atoms with van der Waals surface area (Å²) >= 11 is 0. The van der Waals surface area contributed by atoms with Crippen molar-refractivity contribution >= 4 is 5.91 Å². The molecule has 0 aromatic carbocycles. The van der Waals surface area contributed by atoms with Crippen molar-refractivity contribution in [3.05, 3.63) is 85.1 Å². The molecule has 9 nitrogen and oxygen atoms in total. The molecule has 0 bridgehead atoms. The van der Waals surface area contributed by atoms with E-state index in [-0.39, 0.29) is 18.9 Å². The van der Waals surface area contributed by atoms with Gasteiger partial charge in [0, 0.05) is 6.42 Å². The van der Waals surface area contributed by atoms with Crippen LogP contribution in [-0.4, -0.2) is 87.5 Å². The van der Waals surface area contributed by atoms with Crippen LogP contribution in [0.1, 0.15) is 226 Å². The van der Waals surface area contributed by atoms with Crippen molar-refractivity contribution in [2.75, 3.05) is 13.2 Å². The number of carbonyl (C=O) groups excluding carboxylic acids is 1. The second-order valence-electron chi connectivity index (χ2n) is 19.0. The topological polar surface area (TPSA) is 149 Å². The second kappa shape index (κ2) is 48.0. The first kappa shape index (κ1) is 63.4. The minimum absolute atomic E-state index is 0.210. The van der Waals surface area contributed by atoms with Gasteiger partial charge in [0.1, 0.15) is 24.4 Å². The summed E-state index contributed by atoms with van der Waals surface area (Å²) in [7, 11) is 0. The van der Waals surface area contributed by atoms with Gasteiger partial charge in [0.2, 0.25) is 5.91 Å². The van der Waals surface area contributed by atoms with Gasteiger partial charge < -0.3 is 40.3 Å². The molecule has 0 aromatic heterocycles. The number of aliphatic hydroxyl groups excluding tert-OH is 5. The van der Waals surface area contributed by atoms with Crippen molar-refractivity contribution in [2.45, 2.75) is 269 Å². The number of aliphatic hydroxyl groups is 5. The summed E-state index contributed by atoms with van der Waals surface area (Å²) in [5.74, 6) is -0.220. The van der Waals surface area contributed by atoms with Crippen molar-refractivity contribution < 1.29 is 39.8 Å². The van der Waals surface area contributed by atoms with Gasteiger partial charge >= 0.3 is 0 Å².